The predicted octanol–water partition coefficient (Wildman–Crippen LogP) is 4.53. The summed E-state index contributed by atoms with van der Waals surface area (Å²) in [5, 5.41) is 0. The summed E-state index contributed by atoms with van der Waals surface area (Å²) in [5.41, 5.74) is 1.00. The number of hydrogen-bond donors (Lipinski definition) is 0. The molecule has 1 aromatic carbocycles. The highest BCUT2D eigenvalue weighted by Gasteiger charge is 2.53. The lowest BCUT2D eigenvalue weighted by atomic mass is 9.93. The van der Waals surface area contributed by atoms with Gasteiger partial charge >= 0.3 is 0 Å². The largest absolute Gasteiger partial charge is 0.345 e. The average molecular weight is 542 g/mol. The maximum absolute atomic E-state index is 13.6. The topological polar surface area (TPSA) is 42.0 Å². The van der Waals surface area contributed by atoms with E-state index in [0.717, 1.165) is 53.3 Å². The van der Waals surface area contributed by atoms with Gasteiger partial charge < -0.3 is 14.4 Å². The first-order chi connectivity index (χ1) is 14.5. The summed E-state index contributed by atoms with van der Waals surface area (Å²) >= 11 is 7.06. The lowest BCUT2D eigenvalue weighted by Gasteiger charge is -2.47. The normalized spacial score (nSPS) is 26.2. The Morgan fingerprint density at radius 1 is 1.17 bits per heavy atom. The second kappa shape index (κ2) is 9.82. The number of halogens is 2. The standard InChI is InChI=1S/C23H30Br2N2O3/c1-2-27(21(28)16-17-8-9-18(24)19(25)15-17)22-20(26-11-5-6-12-26)7-3-4-10-23(22)29-13-14-30-23/h5-6,8-9,15,20,22H,2-4,7,10-14,16H2,1H3. The van der Waals surface area contributed by atoms with Gasteiger partial charge in [-0.1, -0.05) is 24.6 Å². The van der Waals surface area contributed by atoms with Crippen molar-refractivity contribution in [2.24, 2.45) is 0 Å². The molecular formula is C23H30Br2N2O3. The maximum atomic E-state index is 13.6. The van der Waals surface area contributed by atoms with Crippen molar-refractivity contribution in [3.8, 4) is 0 Å². The van der Waals surface area contributed by atoms with Crippen molar-refractivity contribution >= 4 is 37.8 Å². The molecule has 0 N–H and O–H groups in total. The monoisotopic (exact) mass is 540 g/mol. The average Bonchev–Trinajstić information content (AvgIpc) is 3.39. The van der Waals surface area contributed by atoms with Gasteiger partial charge in [0, 0.05) is 41.0 Å². The van der Waals surface area contributed by atoms with Crippen LogP contribution in [0.1, 0.15) is 38.2 Å². The van der Waals surface area contributed by atoms with Crippen LogP contribution in [0.3, 0.4) is 0 Å². The van der Waals surface area contributed by atoms with E-state index < -0.39 is 5.79 Å². The first kappa shape index (κ1) is 22.5. The lowest BCUT2D eigenvalue weighted by molar-refractivity contribution is -0.216. The third-order valence-corrected chi connectivity index (χ3v) is 8.40. The van der Waals surface area contributed by atoms with Gasteiger partial charge in [-0.25, -0.2) is 0 Å². The molecule has 0 radical (unpaired) electrons. The highest BCUT2D eigenvalue weighted by atomic mass is 79.9. The van der Waals surface area contributed by atoms with Gasteiger partial charge in [0.05, 0.1) is 19.6 Å². The first-order valence-corrected chi connectivity index (χ1v) is 12.5. The number of amides is 1. The Labute approximate surface area is 196 Å². The van der Waals surface area contributed by atoms with Crippen molar-refractivity contribution in [2.75, 3.05) is 32.8 Å². The Morgan fingerprint density at radius 2 is 1.90 bits per heavy atom. The number of ether oxygens (including phenoxy) is 2. The molecule has 1 saturated carbocycles. The number of benzene rings is 1. The van der Waals surface area contributed by atoms with E-state index in [1.165, 1.54) is 0 Å². The fourth-order valence-electron chi connectivity index (χ4n) is 5.16. The molecule has 2 unspecified atom stereocenters. The van der Waals surface area contributed by atoms with Crippen molar-refractivity contribution in [1.82, 2.24) is 9.80 Å². The molecular weight excluding hydrogens is 512 g/mol. The smallest absolute Gasteiger partial charge is 0.227 e. The molecule has 2 aliphatic heterocycles. The zero-order chi connectivity index (χ0) is 21.1. The van der Waals surface area contributed by atoms with Gasteiger partial charge in [0.1, 0.15) is 6.04 Å². The van der Waals surface area contributed by atoms with E-state index in [0.29, 0.717) is 26.2 Å². The molecule has 30 heavy (non-hydrogen) atoms. The van der Waals surface area contributed by atoms with E-state index in [9.17, 15) is 4.79 Å². The SMILES string of the molecule is CCN(C(=O)Cc1ccc(Br)c(Br)c1)C1C(N2CC=CC2)CCCCC12OCCO2. The van der Waals surface area contributed by atoms with Crippen LogP contribution in [0.5, 0.6) is 0 Å². The molecule has 164 valence electrons. The molecule has 2 heterocycles. The van der Waals surface area contributed by atoms with Gasteiger partial charge in [0.2, 0.25) is 5.91 Å². The zero-order valence-electron chi connectivity index (χ0n) is 17.5. The minimum absolute atomic E-state index is 0.0983. The predicted molar refractivity (Wildman–Crippen MR) is 124 cm³/mol. The van der Waals surface area contributed by atoms with Gasteiger partial charge in [-0.15, -0.1) is 0 Å². The van der Waals surface area contributed by atoms with Crippen LogP contribution in [0, 0.1) is 0 Å². The van der Waals surface area contributed by atoms with E-state index in [1.807, 2.05) is 23.1 Å². The van der Waals surface area contributed by atoms with Crippen LogP contribution in [0.2, 0.25) is 0 Å². The first-order valence-electron chi connectivity index (χ1n) is 10.9. The fraction of sp³-hybridized carbons (Fsp3) is 0.609. The summed E-state index contributed by atoms with van der Waals surface area (Å²) in [6.45, 7) is 5.79. The van der Waals surface area contributed by atoms with Gasteiger partial charge in [-0.05, 0) is 69.3 Å². The second-order valence-electron chi connectivity index (χ2n) is 8.30. The van der Waals surface area contributed by atoms with Gasteiger partial charge in [-0.2, -0.15) is 0 Å². The summed E-state index contributed by atoms with van der Waals surface area (Å²) in [6, 6.07) is 6.15. The highest BCUT2D eigenvalue weighted by molar-refractivity contribution is 9.13. The van der Waals surface area contributed by atoms with E-state index in [4.69, 9.17) is 9.47 Å². The Morgan fingerprint density at radius 3 is 2.57 bits per heavy atom. The van der Waals surface area contributed by atoms with E-state index >= 15 is 0 Å². The molecule has 2 fully saturated rings. The molecule has 5 nitrogen and oxygen atoms in total. The molecule has 3 aliphatic rings. The summed E-state index contributed by atoms with van der Waals surface area (Å²) in [4.78, 5) is 18.1. The minimum atomic E-state index is -0.685. The third-order valence-electron chi connectivity index (χ3n) is 6.52. The Balaban J connectivity index is 1.64. The summed E-state index contributed by atoms with van der Waals surface area (Å²) < 4.78 is 14.6. The summed E-state index contributed by atoms with van der Waals surface area (Å²) in [6.07, 6.45) is 8.94. The van der Waals surface area contributed by atoms with Crippen molar-refractivity contribution in [2.45, 2.75) is 56.9 Å². The molecule has 4 rings (SSSR count). The number of nitrogens with zero attached hydrogens (tertiary/aromatic N) is 2. The number of rotatable bonds is 5. The lowest BCUT2D eigenvalue weighted by Crippen LogP contribution is -2.64. The van der Waals surface area contributed by atoms with Crippen LogP contribution in [-0.2, 0) is 20.7 Å². The molecule has 1 amide bonds. The van der Waals surface area contributed by atoms with Crippen LogP contribution >= 0.6 is 31.9 Å². The van der Waals surface area contributed by atoms with E-state index in [2.05, 4.69) is 55.8 Å². The maximum Gasteiger partial charge on any atom is 0.227 e. The molecule has 2 atom stereocenters. The number of hydrogen-bond acceptors (Lipinski definition) is 4. The quantitative estimate of drug-likeness (QED) is 0.514. The van der Waals surface area contributed by atoms with Crippen molar-refractivity contribution < 1.29 is 14.3 Å². The third kappa shape index (κ3) is 4.56. The molecule has 1 aliphatic carbocycles. The Bertz CT molecular complexity index is 787. The summed E-state index contributed by atoms with van der Waals surface area (Å²) in [7, 11) is 0. The Hall–Kier alpha value is -0.730. The molecule has 1 aromatic rings. The van der Waals surface area contributed by atoms with E-state index in [1.54, 1.807) is 0 Å². The molecule has 0 bridgehead atoms. The minimum Gasteiger partial charge on any atom is -0.345 e. The van der Waals surface area contributed by atoms with Crippen LogP contribution in [0.4, 0.5) is 0 Å². The summed E-state index contributed by atoms with van der Waals surface area (Å²) in [5.74, 6) is -0.551. The van der Waals surface area contributed by atoms with Gasteiger partial charge in [0.25, 0.3) is 0 Å². The molecule has 7 heteroatoms. The van der Waals surface area contributed by atoms with Gasteiger partial charge in [0.15, 0.2) is 5.79 Å². The molecule has 0 aromatic heterocycles. The second-order valence-corrected chi connectivity index (χ2v) is 10.0. The van der Waals surface area contributed by atoms with Crippen LogP contribution < -0.4 is 0 Å². The number of likely N-dealkylation sites (N-methyl/N-ethyl adjacent to an activating group) is 1. The highest BCUT2D eigenvalue weighted by Crippen LogP contribution is 2.40. The van der Waals surface area contributed by atoms with Crippen molar-refractivity contribution in [1.29, 1.82) is 0 Å². The van der Waals surface area contributed by atoms with Crippen molar-refractivity contribution in [3.63, 3.8) is 0 Å². The van der Waals surface area contributed by atoms with Crippen molar-refractivity contribution in [3.05, 3.63) is 44.9 Å². The molecule has 1 spiro atoms. The number of carbonyl (C=O) groups is 1. The molecule has 1 saturated heterocycles. The van der Waals surface area contributed by atoms with Crippen LogP contribution in [-0.4, -0.2) is 66.4 Å². The number of carbonyl (C=O) groups excluding carboxylic acids is 1. The van der Waals surface area contributed by atoms with Gasteiger partial charge in [-0.3, -0.25) is 9.69 Å². The van der Waals surface area contributed by atoms with Crippen LogP contribution in [0.15, 0.2) is 39.3 Å². The van der Waals surface area contributed by atoms with Crippen LogP contribution in [0.25, 0.3) is 0 Å². The Kier molecular flexibility index (Phi) is 7.35. The fourth-order valence-corrected chi connectivity index (χ4v) is 5.83. The zero-order valence-corrected chi connectivity index (χ0v) is 20.7. The van der Waals surface area contributed by atoms with E-state index in [-0.39, 0.29) is 18.0 Å².